The SMILES string of the molecule is C1CCNC1.CCc1cc(N2CCCC2)ccc1N1CCC2(CCOCC2)C1=O. The summed E-state index contributed by atoms with van der Waals surface area (Å²) in [5.74, 6) is 0.328. The summed E-state index contributed by atoms with van der Waals surface area (Å²) in [4.78, 5) is 17.7. The minimum absolute atomic E-state index is 0.156. The molecule has 1 N–H and O–H groups in total. The maximum absolute atomic E-state index is 13.2. The Hall–Kier alpha value is -1.59. The molecule has 0 radical (unpaired) electrons. The van der Waals surface area contributed by atoms with Crippen LogP contribution in [-0.4, -0.2) is 51.8 Å². The van der Waals surface area contributed by atoms with Crippen LogP contribution >= 0.6 is 0 Å². The summed E-state index contributed by atoms with van der Waals surface area (Å²) >= 11 is 0. The minimum Gasteiger partial charge on any atom is -0.381 e. The van der Waals surface area contributed by atoms with Crippen molar-refractivity contribution in [2.24, 2.45) is 5.41 Å². The molecule has 4 aliphatic rings. The zero-order chi connectivity index (χ0) is 20.1. The van der Waals surface area contributed by atoms with Gasteiger partial charge in [-0.1, -0.05) is 6.92 Å². The van der Waals surface area contributed by atoms with Crippen molar-refractivity contribution in [3.05, 3.63) is 23.8 Å². The molecule has 4 saturated heterocycles. The van der Waals surface area contributed by atoms with Crippen LogP contribution in [0.3, 0.4) is 0 Å². The molecule has 4 fully saturated rings. The second-order valence-corrected chi connectivity index (χ2v) is 8.92. The van der Waals surface area contributed by atoms with Crippen LogP contribution in [0.2, 0.25) is 0 Å². The third kappa shape index (κ3) is 4.46. The fourth-order valence-electron chi connectivity index (χ4n) is 5.19. The summed E-state index contributed by atoms with van der Waals surface area (Å²) < 4.78 is 5.49. The van der Waals surface area contributed by atoms with E-state index in [9.17, 15) is 4.79 Å². The predicted molar refractivity (Wildman–Crippen MR) is 119 cm³/mol. The molecule has 1 spiro atoms. The van der Waals surface area contributed by atoms with Gasteiger partial charge in [-0.15, -0.1) is 0 Å². The first kappa shape index (κ1) is 20.7. The number of ether oxygens (including phenoxy) is 1. The molecule has 4 aliphatic heterocycles. The van der Waals surface area contributed by atoms with Crippen LogP contribution in [0.15, 0.2) is 18.2 Å². The number of benzene rings is 1. The number of anilines is 2. The van der Waals surface area contributed by atoms with E-state index in [0.29, 0.717) is 5.91 Å². The monoisotopic (exact) mass is 399 g/mol. The Labute approximate surface area is 175 Å². The van der Waals surface area contributed by atoms with Gasteiger partial charge in [-0.2, -0.15) is 0 Å². The van der Waals surface area contributed by atoms with E-state index < -0.39 is 0 Å². The van der Waals surface area contributed by atoms with E-state index in [4.69, 9.17) is 4.74 Å². The number of hydrogen-bond donors (Lipinski definition) is 1. The van der Waals surface area contributed by atoms with Gasteiger partial charge in [0, 0.05) is 44.2 Å². The van der Waals surface area contributed by atoms with E-state index in [-0.39, 0.29) is 5.41 Å². The van der Waals surface area contributed by atoms with Gasteiger partial charge < -0.3 is 19.9 Å². The zero-order valence-corrected chi connectivity index (χ0v) is 18.0. The first-order chi connectivity index (χ1) is 14.2. The highest BCUT2D eigenvalue weighted by atomic mass is 16.5. The van der Waals surface area contributed by atoms with Crippen molar-refractivity contribution in [2.75, 3.05) is 55.7 Å². The molecule has 0 aromatic heterocycles. The number of carbonyl (C=O) groups is 1. The fourth-order valence-corrected chi connectivity index (χ4v) is 5.19. The lowest BCUT2D eigenvalue weighted by Crippen LogP contribution is -2.39. The van der Waals surface area contributed by atoms with Gasteiger partial charge in [0.1, 0.15) is 0 Å². The third-order valence-corrected chi connectivity index (χ3v) is 7.13. The molecule has 0 aliphatic carbocycles. The summed E-state index contributed by atoms with van der Waals surface area (Å²) in [7, 11) is 0. The summed E-state index contributed by atoms with van der Waals surface area (Å²) in [5.41, 5.74) is 3.60. The number of carbonyl (C=O) groups excluding carboxylic acids is 1. The highest BCUT2D eigenvalue weighted by Gasteiger charge is 2.48. The maximum Gasteiger partial charge on any atom is 0.233 e. The quantitative estimate of drug-likeness (QED) is 0.841. The molecule has 0 unspecified atom stereocenters. The summed E-state index contributed by atoms with van der Waals surface area (Å²) in [6, 6.07) is 6.70. The zero-order valence-electron chi connectivity index (χ0n) is 18.0. The van der Waals surface area contributed by atoms with E-state index in [0.717, 1.165) is 64.2 Å². The lowest BCUT2D eigenvalue weighted by molar-refractivity contribution is -0.130. The molecule has 5 heteroatoms. The number of amides is 1. The second kappa shape index (κ2) is 9.48. The van der Waals surface area contributed by atoms with Crippen LogP contribution in [0.25, 0.3) is 0 Å². The van der Waals surface area contributed by atoms with Crippen molar-refractivity contribution in [1.82, 2.24) is 5.32 Å². The third-order valence-electron chi connectivity index (χ3n) is 7.13. The van der Waals surface area contributed by atoms with E-state index in [2.05, 4.69) is 40.2 Å². The minimum atomic E-state index is -0.156. The second-order valence-electron chi connectivity index (χ2n) is 8.92. The van der Waals surface area contributed by atoms with Gasteiger partial charge in [-0.25, -0.2) is 0 Å². The summed E-state index contributed by atoms with van der Waals surface area (Å²) in [5, 5.41) is 3.22. The number of hydrogen-bond acceptors (Lipinski definition) is 4. The molecule has 0 bridgehead atoms. The van der Waals surface area contributed by atoms with Crippen molar-refractivity contribution in [2.45, 2.75) is 58.3 Å². The fraction of sp³-hybridized carbons (Fsp3) is 0.708. The average Bonchev–Trinajstić information content (AvgIpc) is 3.54. The Morgan fingerprint density at radius 3 is 2.34 bits per heavy atom. The Kier molecular flexibility index (Phi) is 6.76. The van der Waals surface area contributed by atoms with Gasteiger partial charge in [-0.05, 0) is 88.2 Å². The van der Waals surface area contributed by atoms with E-state index in [1.165, 1.54) is 50.0 Å². The molecule has 160 valence electrons. The average molecular weight is 400 g/mol. The number of nitrogens with zero attached hydrogens (tertiary/aromatic N) is 2. The molecular formula is C24H37N3O2. The first-order valence-electron chi connectivity index (χ1n) is 11.7. The van der Waals surface area contributed by atoms with Crippen LogP contribution in [-0.2, 0) is 16.0 Å². The van der Waals surface area contributed by atoms with Crippen LogP contribution in [0, 0.1) is 5.41 Å². The lowest BCUT2D eigenvalue weighted by Gasteiger charge is -2.32. The molecule has 1 aromatic carbocycles. The normalized spacial score (nSPS) is 23.6. The van der Waals surface area contributed by atoms with E-state index in [1.807, 2.05) is 0 Å². The predicted octanol–water partition coefficient (Wildman–Crippen LogP) is 3.75. The first-order valence-corrected chi connectivity index (χ1v) is 11.7. The molecule has 0 atom stereocenters. The maximum atomic E-state index is 13.2. The highest BCUT2D eigenvalue weighted by Crippen LogP contribution is 2.43. The highest BCUT2D eigenvalue weighted by molar-refractivity contribution is 6.00. The van der Waals surface area contributed by atoms with E-state index in [1.54, 1.807) is 0 Å². The van der Waals surface area contributed by atoms with Gasteiger partial charge in [0.25, 0.3) is 0 Å². The summed E-state index contributed by atoms with van der Waals surface area (Å²) in [6.07, 6.45) is 9.07. The number of rotatable bonds is 3. The standard InChI is InChI=1S/C20H28N2O2.C4H9N/c1-2-16-15-17(21-10-3-4-11-21)5-6-18(16)22-12-7-20(19(22)23)8-13-24-14-9-20;1-2-4-5-3-1/h5-6,15H,2-4,7-14H2,1H3;5H,1-4H2. The van der Waals surface area contributed by atoms with Crippen LogP contribution in [0.5, 0.6) is 0 Å². The van der Waals surface area contributed by atoms with E-state index >= 15 is 0 Å². The Bertz CT molecular complexity index is 682. The molecular weight excluding hydrogens is 362 g/mol. The molecule has 0 saturated carbocycles. The number of aryl methyl sites for hydroxylation is 1. The summed E-state index contributed by atoms with van der Waals surface area (Å²) in [6.45, 7) is 9.33. The Balaban J connectivity index is 0.000000359. The van der Waals surface area contributed by atoms with Crippen LogP contribution < -0.4 is 15.1 Å². The molecule has 29 heavy (non-hydrogen) atoms. The molecule has 4 heterocycles. The lowest BCUT2D eigenvalue weighted by atomic mass is 9.79. The van der Waals surface area contributed by atoms with Gasteiger partial charge in [0.05, 0.1) is 5.41 Å². The van der Waals surface area contributed by atoms with Gasteiger partial charge >= 0.3 is 0 Å². The molecule has 1 amide bonds. The van der Waals surface area contributed by atoms with Crippen molar-refractivity contribution >= 4 is 17.3 Å². The molecule has 1 aromatic rings. The van der Waals surface area contributed by atoms with Crippen molar-refractivity contribution in [3.63, 3.8) is 0 Å². The van der Waals surface area contributed by atoms with Crippen molar-refractivity contribution < 1.29 is 9.53 Å². The van der Waals surface area contributed by atoms with Crippen molar-refractivity contribution in [1.29, 1.82) is 0 Å². The molecule has 5 rings (SSSR count). The largest absolute Gasteiger partial charge is 0.381 e. The van der Waals surface area contributed by atoms with Crippen LogP contribution in [0.4, 0.5) is 11.4 Å². The number of nitrogens with one attached hydrogen (secondary N) is 1. The smallest absolute Gasteiger partial charge is 0.233 e. The van der Waals surface area contributed by atoms with Crippen molar-refractivity contribution in [3.8, 4) is 0 Å². The van der Waals surface area contributed by atoms with Crippen LogP contribution in [0.1, 0.15) is 57.4 Å². The molecule has 5 nitrogen and oxygen atoms in total. The topological polar surface area (TPSA) is 44.8 Å². The van der Waals surface area contributed by atoms with Gasteiger partial charge in [0.2, 0.25) is 5.91 Å². The Morgan fingerprint density at radius 2 is 1.72 bits per heavy atom. The van der Waals surface area contributed by atoms with Gasteiger partial charge in [0.15, 0.2) is 0 Å². The Morgan fingerprint density at radius 1 is 1.00 bits per heavy atom. The van der Waals surface area contributed by atoms with Gasteiger partial charge in [-0.3, -0.25) is 4.79 Å².